The Balaban J connectivity index is 1.84. The maximum absolute atomic E-state index is 13.0. The van der Waals surface area contributed by atoms with Gasteiger partial charge >= 0.3 is 12.1 Å². The summed E-state index contributed by atoms with van der Waals surface area (Å²) in [6.07, 6.45) is -4.40. The third-order valence-electron chi connectivity index (χ3n) is 5.44. The molecule has 0 spiro atoms. The SMILES string of the molecule is CC1=C(NC(=O)C(F)(F)F)[C@H]2CN(CC1)c1cc(C)ccc1Oc1ccccc12. The standard InChI is InChI=1S/C22H21F3N2O2/c1-13-7-8-19-17(11-13)27-10-9-14(2)20(26-21(28)22(23,24)25)16(12-27)15-5-3-4-6-18(15)29-19/h3-8,11,16H,9-10,12H2,1-2H3,(H,26,28)/t16-/m0/s1. The van der Waals surface area contributed by atoms with Crippen LogP contribution in [-0.2, 0) is 4.79 Å². The molecule has 0 unspecified atom stereocenters. The highest BCUT2D eigenvalue weighted by Gasteiger charge is 2.41. The molecule has 4 rings (SSSR count). The number of nitrogens with zero attached hydrogens (tertiary/aromatic N) is 1. The predicted octanol–water partition coefficient (Wildman–Crippen LogP) is 5.05. The molecular formula is C22H21F3N2O2. The quantitative estimate of drug-likeness (QED) is 0.726. The van der Waals surface area contributed by atoms with Crippen LogP contribution in [0.25, 0.3) is 0 Å². The van der Waals surface area contributed by atoms with Crippen LogP contribution in [0.5, 0.6) is 11.5 Å². The van der Waals surface area contributed by atoms with Crippen molar-refractivity contribution in [1.29, 1.82) is 0 Å². The van der Waals surface area contributed by atoms with E-state index in [2.05, 4.69) is 10.2 Å². The Morgan fingerprint density at radius 2 is 1.90 bits per heavy atom. The Bertz CT molecular complexity index is 998. The van der Waals surface area contributed by atoms with Crippen LogP contribution in [0, 0.1) is 6.92 Å². The van der Waals surface area contributed by atoms with Gasteiger partial charge in [0, 0.05) is 30.3 Å². The van der Waals surface area contributed by atoms with Gasteiger partial charge in [-0.2, -0.15) is 13.2 Å². The summed E-state index contributed by atoms with van der Waals surface area (Å²) in [6.45, 7) is 4.83. The molecule has 152 valence electrons. The maximum atomic E-state index is 13.0. The molecule has 0 fully saturated rings. The van der Waals surface area contributed by atoms with Crippen molar-refractivity contribution in [2.24, 2.45) is 0 Å². The van der Waals surface area contributed by atoms with Crippen molar-refractivity contribution in [3.8, 4) is 11.5 Å². The molecule has 0 saturated carbocycles. The second kappa shape index (κ2) is 7.13. The molecule has 1 N–H and O–H groups in total. The molecule has 1 amide bonds. The number of ether oxygens (including phenoxy) is 1. The molecule has 2 bridgehead atoms. The maximum Gasteiger partial charge on any atom is 0.471 e. The van der Waals surface area contributed by atoms with Crippen LogP contribution in [0.1, 0.15) is 30.4 Å². The molecule has 29 heavy (non-hydrogen) atoms. The molecule has 2 aliphatic rings. The topological polar surface area (TPSA) is 41.6 Å². The highest BCUT2D eigenvalue weighted by atomic mass is 19.4. The number of benzene rings is 2. The van der Waals surface area contributed by atoms with E-state index in [4.69, 9.17) is 4.74 Å². The normalized spacial score (nSPS) is 18.7. The lowest BCUT2D eigenvalue weighted by Gasteiger charge is -2.33. The number of hydrogen-bond acceptors (Lipinski definition) is 3. The Morgan fingerprint density at radius 1 is 1.14 bits per heavy atom. The van der Waals surface area contributed by atoms with E-state index >= 15 is 0 Å². The van der Waals surface area contributed by atoms with Gasteiger partial charge in [0.1, 0.15) is 5.75 Å². The van der Waals surface area contributed by atoms with Crippen molar-refractivity contribution < 1.29 is 22.7 Å². The second-order valence-corrected chi connectivity index (χ2v) is 7.51. The van der Waals surface area contributed by atoms with Crippen molar-refractivity contribution in [2.45, 2.75) is 32.4 Å². The minimum absolute atomic E-state index is 0.307. The summed E-state index contributed by atoms with van der Waals surface area (Å²) in [6, 6.07) is 13.2. The lowest BCUT2D eigenvalue weighted by molar-refractivity contribution is -0.172. The minimum atomic E-state index is -4.94. The van der Waals surface area contributed by atoms with Crippen molar-refractivity contribution in [3.05, 3.63) is 64.9 Å². The number of fused-ring (bicyclic) bond motifs is 6. The number of carbonyl (C=O) groups is 1. The Kier molecular flexibility index (Phi) is 4.76. The summed E-state index contributed by atoms with van der Waals surface area (Å²) < 4.78 is 45.1. The lowest BCUT2D eigenvalue weighted by Crippen LogP contribution is -2.39. The average Bonchev–Trinajstić information content (AvgIpc) is 2.82. The molecule has 2 aromatic carbocycles. The monoisotopic (exact) mass is 402 g/mol. The van der Waals surface area contributed by atoms with E-state index in [0.29, 0.717) is 36.7 Å². The zero-order valence-electron chi connectivity index (χ0n) is 16.1. The van der Waals surface area contributed by atoms with Crippen molar-refractivity contribution >= 4 is 11.6 Å². The summed E-state index contributed by atoms with van der Waals surface area (Å²) in [4.78, 5) is 13.9. The number of para-hydroxylation sites is 1. The highest BCUT2D eigenvalue weighted by Crippen LogP contribution is 2.44. The Morgan fingerprint density at radius 3 is 2.66 bits per heavy atom. The molecule has 2 aliphatic heterocycles. The molecule has 4 nitrogen and oxygen atoms in total. The van der Waals surface area contributed by atoms with Crippen LogP contribution in [0.15, 0.2) is 53.7 Å². The van der Waals surface area contributed by atoms with E-state index in [9.17, 15) is 18.0 Å². The van der Waals surface area contributed by atoms with Crippen molar-refractivity contribution in [3.63, 3.8) is 0 Å². The smallest absolute Gasteiger partial charge is 0.455 e. The van der Waals surface area contributed by atoms with E-state index in [1.54, 1.807) is 13.0 Å². The summed E-state index contributed by atoms with van der Waals surface area (Å²) in [5, 5.41) is 2.16. The zero-order chi connectivity index (χ0) is 20.8. The number of hydrogen-bond donors (Lipinski definition) is 1. The van der Waals surface area contributed by atoms with Gasteiger partial charge in [-0.3, -0.25) is 4.79 Å². The van der Waals surface area contributed by atoms with Gasteiger partial charge in [0.05, 0.1) is 5.69 Å². The van der Waals surface area contributed by atoms with Crippen LogP contribution in [0.2, 0.25) is 0 Å². The van der Waals surface area contributed by atoms with Gasteiger partial charge in [0.25, 0.3) is 0 Å². The van der Waals surface area contributed by atoms with E-state index in [1.807, 2.05) is 43.3 Å². The fraction of sp³-hybridized carbons (Fsp3) is 0.318. The van der Waals surface area contributed by atoms with Gasteiger partial charge in [-0.05, 0) is 44.0 Å². The van der Waals surface area contributed by atoms with Crippen LogP contribution >= 0.6 is 0 Å². The van der Waals surface area contributed by atoms with E-state index in [1.165, 1.54) is 0 Å². The lowest BCUT2D eigenvalue weighted by atomic mass is 9.91. The van der Waals surface area contributed by atoms with Gasteiger partial charge in [0.15, 0.2) is 5.75 Å². The van der Waals surface area contributed by atoms with Gasteiger partial charge in [0.2, 0.25) is 0 Å². The first-order chi connectivity index (χ1) is 13.7. The molecule has 7 heteroatoms. The van der Waals surface area contributed by atoms with Crippen LogP contribution < -0.4 is 15.0 Å². The summed E-state index contributed by atoms with van der Waals surface area (Å²) in [5.74, 6) is -1.11. The molecule has 0 radical (unpaired) electrons. The first-order valence-corrected chi connectivity index (χ1v) is 9.44. The van der Waals surface area contributed by atoms with Crippen molar-refractivity contribution in [2.75, 3.05) is 18.0 Å². The number of alkyl halides is 3. The molecule has 2 aromatic rings. The third-order valence-corrected chi connectivity index (χ3v) is 5.44. The molecular weight excluding hydrogens is 381 g/mol. The van der Waals surface area contributed by atoms with Gasteiger partial charge in [-0.25, -0.2) is 0 Å². The van der Waals surface area contributed by atoms with E-state index in [-0.39, 0.29) is 0 Å². The fourth-order valence-corrected chi connectivity index (χ4v) is 3.94. The Hall–Kier alpha value is -2.96. The molecule has 0 saturated heterocycles. The number of carbonyl (C=O) groups excluding carboxylic acids is 1. The van der Waals surface area contributed by atoms with E-state index in [0.717, 1.165) is 22.4 Å². The van der Waals surface area contributed by atoms with Crippen LogP contribution in [0.3, 0.4) is 0 Å². The summed E-state index contributed by atoms with van der Waals surface area (Å²) in [5.41, 5.74) is 3.77. The number of rotatable bonds is 1. The summed E-state index contributed by atoms with van der Waals surface area (Å²) >= 11 is 0. The molecule has 0 aliphatic carbocycles. The zero-order valence-corrected chi connectivity index (χ0v) is 16.1. The number of nitrogens with one attached hydrogen (secondary N) is 1. The van der Waals surface area contributed by atoms with Crippen LogP contribution in [0.4, 0.5) is 18.9 Å². The number of halogens is 3. The number of aryl methyl sites for hydroxylation is 1. The number of anilines is 1. The largest absolute Gasteiger partial charge is 0.471 e. The van der Waals surface area contributed by atoms with Gasteiger partial charge in [-0.1, -0.05) is 29.8 Å². The molecule has 0 aromatic heterocycles. The fourth-order valence-electron chi connectivity index (χ4n) is 3.94. The number of amides is 1. The second-order valence-electron chi connectivity index (χ2n) is 7.51. The van der Waals surface area contributed by atoms with Crippen LogP contribution in [-0.4, -0.2) is 25.2 Å². The van der Waals surface area contributed by atoms with Gasteiger partial charge in [-0.15, -0.1) is 0 Å². The summed E-state index contributed by atoms with van der Waals surface area (Å²) in [7, 11) is 0. The Labute approximate surface area is 167 Å². The average molecular weight is 402 g/mol. The minimum Gasteiger partial charge on any atom is -0.455 e. The predicted molar refractivity (Wildman–Crippen MR) is 104 cm³/mol. The molecule has 2 heterocycles. The first kappa shape index (κ1) is 19.4. The van der Waals surface area contributed by atoms with E-state index < -0.39 is 18.0 Å². The highest BCUT2D eigenvalue weighted by molar-refractivity contribution is 5.84. The third kappa shape index (κ3) is 3.69. The van der Waals surface area contributed by atoms with Gasteiger partial charge < -0.3 is 15.0 Å². The van der Waals surface area contributed by atoms with Crippen molar-refractivity contribution in [1.82, 2.24) is 5.32 Å². The molecule has 1 atom stereocenters. The first-order valence-electron chi connectivity index (χ1n) is 9.44.